The molecular weight excluding hydrogens is 324 g/mol. The summed E-state index contributed by atoms with van der Waals surface area (Å²) in [5, 5.41) is 0. The Morgan fingerprint density at radius 2 is 2.00 bits per heavy atom. The molecule has 4 rings (SSSR count). The highest BCUT2D eigenvalue weighted by Crippen LogP contribution is 2.49. The Bertz CT molecular complexity index is 660. The lowest BCUT2D eigenvalue weighted by molar-refractivity contribution is -0.936. The normalized spacial score (nSPS) is 33.6. The fourth-order valence-electron chi connectivity index (χ4n) is 6.17. The van der Waals surface area contributed by atoms with Gasteiger partial charge in [-0.3, -0.25) is 4.79 Å². The number of hydrogen-bond donors (Lipinski definition) is 1. The smallest absolute Gasteiger partial charge is 0.272 e. The van der Waals surface area contributed by atoms with Crippen LogP contribution in [-0.2, 0) is 9.53 Å². The quantitative estimate of drug-likeness (QED) is 0.841. The van der Waals surface area contributed by atoms with Crippen molar-refractivity contribution in [1.82, 2.24) is 0 Å². The van der Waals surface area contributed by atoms with Crippen molar-refractivity contribution in [2.24, 2.45) is 5.73 Å². The molecule has 0 radical (unpaired) electrons. The van der Waals surface area contributed by atoms with Gasteiger partial charge in [-0.1, -0.05) is 24.3 Å². The molecule has 2 N–H and O–H groups in total. The molecule has 1 spiro atoms. The summed E-state index contributed by atoms with van der Waals surface area (Å²) in [7, 11) is 0. The van der Waals surface area contributed by atoms with Gasteiger partial charge >= 0.3 is 0 Å². The van der Waals surface area contributed by atoms with Gasteiger partial charge in [0.05, 0.1) is 24.7 Å². The van der Waals surface area contributed by atoms with Gasteiger partial charge in [-0.25, -0.2) is 0 Å². The van der Waals surface area contributed by atoms with Crippen LogP contribution in [0.2, 0.25) is 0 Å². The van der Waals surface area contributed by atoms with Crippen molar-refractivity contribution in [1.29, 1.82) is 0 Å². The van der Waals surface area contributed by atoms with Crippen molar-refractivity contribution in [3.63, 3.8) is 0 Å². The van der Waals surface area contributed by atoms with Gasteiger partial charge in [-0.15, -0.1) is 0 Å². The predicted octanol–water partition coefficient (Wildman–Crippen LogP) is 3.28. The number of ether oxygens (including phenoxy) is 1. The Balaban J connectivity index is 1.73. The minimum absolute atomic E-state index is 0.0509. The molecule has 26 heavy (non-hydrogen) atoms. The summed E-state index contributed by atoms with van der Waals surface area (Å²) in [6.07, 6.45) is 8.17. The Morgan fingerprint density at radius 1 is 1.23 bits per heavy atom. The highest BCUT2D eigenvalue weighted by molar-refractivity contribution is 5.75. The number of carbonyl (C=O) groups excluding carboxylic acids is 1. The molecule has 1 aliphatic carbocycles. The molecule has 142 valence electrons. The zero-order chi connectivity index (χ0) is 18.2. The first-order valence-electron chi connectivity index (χ1n) is 10.4. The third-order valence-electron chi connectivity index (χ3n) is 7.36. The number of nitrogens with two attached hydrogens (primary N) is 1. The Hall–Kier alpha value is -1.39. The molecule has 0 bridgehead atoms. The van der Waals surface area contributed by atoms with Crippen molar-refractivity contribution in [2.45, 2.75) is 69.4 Å². The third-order valence-corrected chi connectivity index (χ3v) is 7.36. The summed E-state index contributed by atoms with van der Waals surface area (Å²) in [5.41, 5.74) is 8.64. The van der Waals surface area contributed by atoms with Crippen LogP contribution in [0, 0.1) is 6.92 Å². The van der Waals surface area contributed by atoms with Crippen LogP contribution in [0.1, 0.15) is 62.0 Å². The van der Waals surface area contributed by atoms with Crippen LogP contribution in [0.3, 0.4) is 0 Å². The molecular formula is C22H33N2O2+. The summed E-state index contributed by atoms with van der Waals surface area (Å²) >= 11 is 0. The van der Waals surface area contributed by atoms with E-state index in [0.717, 1.165) is 43.4 Å². The van der Waals surface area contributed by atoms with E-state index < -0.39 is 0 Å². The van der Waals surface area contributed by atoms with Gasteiger partial charge in [0, 0.05) is 31.8 Å². The summed E-state index contributed by atoms with van der Waals surface area (Å²) < 4.78 is 7.20. The Kier molecular flexibility index (Phi) is 4.83. The topological polar surface area (TPSA) is 52.3 Å². The van der Waals surface area contributed by atoms with Gasteiger partial charge in [-0.05, 0) is 43.7 Å². The van der Waals surface area contributed by atoms with E-state index in [2.05, 4.69) is 31.2 Å². The van der Waals surface area contributed by atoms with Crippen LogP contribution in [0.4, 0.5) is 0 Å². The SMILES string of the molecule is Cc1ccccc1C1CCC2(CCCO2)CC1[N+]1(CC(N)=O)CCCC1. The van der Waals surface area contributed by atoms with Crippen molar-refractivity contribution in [3.05, 3.63) is 35.4 Å². The molecule has 1 aromatic rings. The predicted molar refractivity (Wildman–Crippen MR) is 103 cm³/mol. The largest absolute Gasteiger partial charge is 0.375 e. The van der Waals surface area contributed by atoms with Gasteiger partial charge in [0.15, 0.2) is 6.54 Å². The number of aryl methyl sites for hydroxylation is 1. The molecule has 3 fully saturated rings. The van der Waals surface area contributed by atoms with Crippen molar-refractivity contribution in [2.75, 3.05) is 26.2 Å². The Morgan fingerprint density at radius 3 is 2.65 bits per heavy atom. The second-order valence-corrected chi connectivity index (χ2v) is 8.91. The van der Waals surface area contributed by atoms with Gasteiger partial charge in [0.25, 0.3) is 5.91 Å². The van der Waals surface area contributed by atoms with Gasteiger partial charge < -0.3 is 15.0 Å². The number of likely N-dealkylation sites (tertiary alicyclic amines) is 1. The van der Waals surface area contributed by atoms with Crippen LogP contribution >= 0.6 is 0 Å². The van der Waals surface area contributed by atoms with E-state index in [4.69, 9.17) is 10.5 Å². The number of nitrogens with zero attached hydrogens (tertiary/aromatic N) is 1. The van der Waals surface area contributed by atoms with E-state index in [9.17, 15) is 4.79 Å². The van der Waals surface area contributed by atoms with Crippen molar-refractivity contribution in [3.8, 4) is 0 Å². The maximum atomic E-state index is 12.0. The first kappa shape index (κ1) is 18.0. The first-order chi connectivity index (χ1) is 12.5. The molecule has 4 nitrogen and oxygen atoms in total. The highest BCUT2D eigenvalue weighted by Gasteiger charge is 2.53. The molecule has 2 heterocycles. The molecule has 1 saturated carbocycles. The molecule has 2 aliphatic heterocycles. The molecule has 0 aromatic heterocycles. The molecule has 3 aliphatic rings. The van der Waals surface area contributed by atoms with Gasteiger partial charge in [-0.2, -0.15) is 0 Å². The third kappa shape index (κ3) is 3.18. The molecule has 1 amide bonds. The summed E-state index contributed by atoms with van der Waals surface area (Å²) in [4.78, 5) is 12.0. The van der Waals surface area contributed by atoms with Crippen LogP contribution < -0.4 is 5.73 Å². The average Bonchev–Trinajstić information content (AvgIpc) is 3.26. The molecule has 2 saturated heterocycles. The van der Waals surface area contributed by atoms with Crippen molar-refractivity contribution < 1.29 is 14.0 Å². The van der Waals surface area contributed by atoms with E-state index in [0.29, 0.717) is 18.5 Å². The highest BCUT2D eigenvalue weighted by atomic mass is 16.5. The lowest BCUT2D eigenvalue weighted by Crippen LogP contribution is -2.62. The lowest BCUT2D eigenvalue weighted by atomic mass is 9.69. The van der Waals surface area contributed by atoms with E-state index in [-0.39, 0.29) is 11.5 Å². The molecule has 4 heteroatoms. The van der Waals surface area contributed by atoms with E-state index in [1.807, 2.05) is 0 Å². The molecule has 3 unspecified atom stereocenters. The number of quaternary nitrogens is 1. The van der Waals surface area contributed by atoms with Crippen LogP contribution in [0.25, 0.3) is 0 Å². The monoisotopic (exact) mass is 357 g/mol. The number of hydrogen-bond acceptors (Lipinski definition) is 2. The summed E-state index contributed by atoms with van der Waals surface area (Å²) in [5.74, 6) is 0.353. The van der Waals surface area contributed by atoms with Crippen LogP contribution in [0.15, 0.2) is 24.3 Å². The van der Waals surface area contributed by atoms with Crippen LogP contribution in [-0.4, -0.2) is 48.3 Å². The number of amides is 1. The van der Waals surface area contributed by atoms with Crippen LogP contribution in [0.5, 0.6) is 0 Å². The number of primary amides is 1. The summed E-state index contributed by atoms with van der Waals surface area (Å²) in [6, 6.07) is 9.26. The lowest BCUT2D eigenvalue weighted by Gasteiger charge is -2.51. The fourth-order valence-corrected chi connectivity index (χ4v) is 6.17. The van der Waals surface area contributed by atoms with Crippen molar-refractivity contribution >= 4 is 5.91 Å². The maximum Gasteiger partial charge on any atom is 0.272 e. The second kappa shape index (κ2) is 6.97. The second-order valence-electron chi connectivity index (χ2n) is 8.91. The maximum absolute atomic E-state index is 12.0. The standard InChI is InChI=1S/C22H32N2O2/c1-17-7-2-3-8-18(17)19-9-11-22(10-6-14-26-22)15-20(19)24(16-21(23)25)12-4-5-13-24/h2-3,7-8,19-20H,4-6,9-16H2,1H3,(H-,23,25)/p+1. The van der Waals surface area contributed by atoms with E-state index >= 15 is 0 Å². The van der Waals surface area contributed by atoms with Gasteiger partial charge in [0.2, 0.25) is 0 Å². The molecule has 3 atom stereocenters. The minimum atomic E-state index is -0.151. The molecule has 1 aromatic carbocycles. The van der Waals surface area contributed by atoms with E-state index in [1.54, 1.807) is 0 Å². The number of rotatable bonds is 4. The van der Waals surface area contributed by atoms with E-state index in [1.165, 1.54) is 36.8 Å². The first-order valence-corrected chi connectivity index (χ1v) is 10.4. The summed E-state index contributed by atoms with van der Waals surface area (Å²) in [6.45, 7) is 5.80. The van der Waals surface area contributed by atoms with Gasteiger partial charge in [0.1, 0.15) is 0 Å². The number of benzene rings is 1. The number of carbonyl (C=O) groups is 1. The average molecular weight is 358 g/mol. The fraction of sp³-hybridized carbons (Fsp3) is 0.682. The zero-order valence-electron chi connectivity index (χ0n) is 16.1. The minimum Gasteiger partial charge on any atom is -0.375 e. The Labute approximate surface area is 157 Å². The zero-order valence-corrected chi connectivity index (χ0v) is 16.1.